The minimum absolute atomic E-state index is 0.288. The Labute approximate surface area is 180 Å². The Bertz CT molecular complexity index is 1350. The molecule has 4 aromatic rings. The van der Waals surface area contributed by atoms with Crippen LogP contribution in [0.1, 0.15) is 11.1 Å². The molecule has 1 aliphatic rings. The Morgan fingerprint density at radius 1 is 0.677 bits per heavy atom. The van der Waals surface area contributed by atoms with Crippen LogP contribution in [0.25, 0.3) is 16.3 Å². The van der Waals surface area contributed by atoms with E-state index in [1.165, 1.54) is 4.90 Å². The number of anilines is 2. The van der Waals surface area contributed by atoms with Gasteiger partial charge in [-0.05, 0) is 35.6 Å². The highest BCUT2D eigenvalue weighted by Crippen LogP contribution is 2.36. The van der Waals surface area contributed by atoms with E-state index in [-0.39, 0.29) is 17.5 Å². The van der Waals surface area contributed by atoms with Gasteiger partial charge in [0.1, 0.15) is 5.70 Å². The Morgan fingerprint density at radius 2 is 1.35 bits per heavy atom. The average Bonchev–Trinajstić information content (AvgIpc) is 3.04. The molecule has 1 N–H and O–H groups in total. The van der Waals surface area contributed by atoms with E-state index in [9.17, 15) is 9.59 Å². The summed E-state index contributed by atoms with van der Waals surface area (Å²) >= 11 is 0. The SMILES string of the molecule is Cc1ccccc1N1C(=O)C(Nc2cccc3ccccc23)=C(c2ccccc2)C1=O. The first-order chi connectivity index (χ1) is 15.1. The summed E-state index contributed by atoms with van der Waals surface area (Å²) in [6, 6.07) is 30.6. The lowest BCUT2D eigenvalue weighted by Crippen LogP contribution is -2.33. The number of rotatable bonds is 4. The zero-order valence-corrected chi connectivity index (χ0v) is 17.0. The third kappa shape index (κ3) is 3.19. The molecule has 0 bridgehead atoms. The Balaban J connectivity index is 1.67. The fourth-order valence-electron chi connectivity index (χ4n) is 4.02. The minimum atomic E-state index is -0.355. The number of hydrogen-bond acceptors (Lipinski definition) is 3. The predicted molar refractivity (Wildman–Crippen MR) is 125 cm³/mol. The summed E-state index contributed by atoms with van der Waals surface area (Å²) in [6.07, 6.45) is 0. The molecule has 31 heavy (non-hydrogen) atoms. The van der Waals surface area contributed by atoms with Crippen LogP contribution in [0.2, 0.25) is 0 Å². The average molecular weight is 404 g/mol. The van der Waals surface area contributed by atoms with E-state index in [1.807, 2.05) is 97.9 Å². The number of amides is 2. The highest BCUT2D eigenvalue weighted by molar-refractivity contribution is 6.46. The maximum absolute atomic E-state index is 13.6. The summed E-state index contributed by atoms with van der Waals surface area (Å²) in [4.78, 5) is 28.4. The van der Waals surface area contributed by atoms with Crippen molar-refractivity contribution in [3.05, 3.63) is 114 Å². The van der Waals surface area contributed by atoms with Crippen LogP contribution in [0.15, 0.2) is 103 Å². The Kier molecular flexibility index (Phi) is 4.60. The minimum Gasteiger partial charge on any atom is -0.350 e. The summed E-state index contributed by atoms with van der Waals surface area (Å²) < 4.78 is 0. The maximum Gasteiger partial charge on any atom is 0.282 e. The molecule has 0 radical (unpaired) electrons. The number of fused-ring (bicyclic) bond motifs is 1. The molecule has 150 valence electrons. The van der Waals surface area contributed by atoms with Crippen LogP contribution in [0.3, 0.4) is 0 Å². The van der Waals surface area contributed by atoms with E-state index >= 15 is 0 Å². The lowest BCUT2D eigenvalue weighted by atomic mass is 10.0. The van der Waals surface area contributed by atoms with Gasteiger partial charge < -0.3 is 5.32 Å². The summed E-state index contributed by atoms with van der Waals surface area (Å²) in [5.41, 5.74) is 3.62. The number of carbonyl (C=O) groups excluding carboxylic acids is 2. The van der Waals surface area contributed by atoms with Crippen LogP contribution in [0.5, 0.6) is 0 Å². The summed E-state index contributed by atoms with van der Waals surface area (Å²) in [7, 11) is 0. The first kappa shape index (κ1) is 18.8. The first-order valence-corrected chi connectivity index (χ1v) is 10.1. The van der Waals surface area contributed by atoms with Crippen molar-refractivity contribution in [2.24, 2.45) is 0 Å². The molecule has 0 atom stereocenters. The fraction of sp³-hybridized carbons (Fsp3) is 0.0370. The molecule has 4 nitrogen and oxygen atoms in total. The van der Waals surface area contributed by atoms with E-state index in [0.29, 0.717) is 16.8 Å². The van der Waals surface area contributed by atoms with Crippen LogP contribution < -0.4 is 10.2 Å². The standard InChI is InChI=1S/C27H20N2O2/c1-18-10-5-8-17-23(18)29-26(30)24(20-12-3-2-4-13-20)25(27(29)31)28-22-16-9-14-19-11-6-7-15-21(19)22/h2-17,28H,1H3. The molecular weight excluding hydrogens is 384 g/mol. The number of aryl methyl sites for hydroxylation is 1. The van der Waals surface area contributed by atoms with Gasteiger partial charge in [-0.25, -0.2) is 4.90 Å². The topological polar surface area (TPSA) is 49.4 Å². The van der Waals surface area contributed by atoms with Crippen molar-refractivity contribution in [1.82, 2.24) is 0 Å². The van der Waals surface area contributed by atoms with E-state index in [4.69, 9.17) is 0 Å². The molecule has 0 saturated heterocycles. The van der Waals surface area contributed by atoms with Gasteiger partial charge in [0.15, 0.2) is 0 Å². The van der Waals surface area contributed by atoms with Crippen LogP contribution in [-0.2, 0) is 9.59 Å². The smallest absolute Gasteiger partial charge is 0.282 e. The van der Waals surface area contributed by atoms with Gasteiger partial charge in [0.2, 0.25) is 0 Å². The molecule has 5 rings (SSSR count). The van der Waals surface area contributed by atoms with E-state index in [1.54, 1.807) is 6.07 Å². The second-order valence-corrected chi connectivity index (χ2v) is 7.50. The van der Waals surface area contributed by atoms with Gasteiger partial charge in [-0.2, -0.15) is 0 Å². The number of imide groups is 1. The molecule has 4 aromatic carbocycles. The highest BCUT2D eigenvalue weighted by Gasteiger charge is 2.40. The summed E-state index contributed by atoms with van der Waals surface area (Å²) in [6.45, 7) is 1.90. The number of nitrogens with one attached hydrogen (secondary N) is 1. The zero-order chi connectivity index (χ0) is 21.4. The van der Waals surface area contributed by atoms with Crippen molar-refractivity contribution >= 4 is 39.5 Å². The Hall–Kier alpha value is -4.18. The molecule has 0 saturated carbocycles. The molecule has 0 fully saturated rings. The molecular formula is C27H20N2O2. The van der Waals surface area contributed by atoms with Crippen molar-refractivity contribution < 1.29 is 9.59 Å². The predicted octanol–water partition coefficient (Wildman–Crippen LogP) is 5.54. The quantitative estimate of drug-likeness (QED) is 0.454. The van der Waals surface area contributed by atoms with Gasteiger partial charge in [-0.1, -0.05) is 84.9 Å². The van der Waals surface area contributed by atoms with Gasteiger partial charge in [0, 0.05) is 11.1 Å². The van der Waals surface area contributed by atoms with E-state index < -0.39 is 0 Å². The monoisotopic (exact) mass is 404 g/mol. The number of carbonyl (C=O) groups is 2. The number of nitrogens with zero attached hydrogens (tertiary/aromatic N) is 1. The Morgan fingerprint density at radius 3 is 2.16 bits per heavy atom. The molecule has 4 heteroatoms. The molecule has 0 aromatic heterocycles. The van der Waals surface area contributed by atoms with Crippen LogP contribution in [0.4, 0.5) is 11.4 Å². The van der Waals surface area contributed by atoms with Crippen LogP contribution >= 0.6 is 0 Å². The molecule has 0 spiro atoms. The summed E-state index contributed by atoms with van der Waals surface area (Å²) in [5, 5.41) is 5.34. The van der Waals surface area contributed by atoms with Crippen molar-refractivity contribution in [2.75, 3.05) is 10.2 Å². The molecule has 1 aliphatic heterocycles. The third-order valence-corrected chi connectivity index (χ3v) is 5.55. The van der Waals surface area contributed by atoms with Crippen molar-refractivity contribution in [1.29, 1.82) is 0 Å². The second-order valence-electron chi connectivity index (χ2n) is 7.50. The van der Waals surface area contributed by atoms with Gasteiger partial charge in [0.25, 0.3) is 11.8 Å². The van der Waals surface area contributed by atoms with Crippen LogP contribution in [0, 0.1) is 6.92 Å². The molecule has 0 unspecified atom stereocenters. The van der Waals surface area contributed by atoms with Gasteiger partial charge >= 0.3 is 0 Å². The zero-order valence-electron chi connectivity index (χ0n) is 17.0. The van der Waals surface area contributed by atoms with E-state index in [0.717, 1.165) is 22.0 Å². The van der Waals surface area contributed by atoms with Crippen molar-refractivity contribution in [3.63, 3.8) is 0 Å². The van der Waals surface area contributed by atoms with Gasteiger partial charge in [-0.15, -0.1) is 0 Å². The highest BCUT2D eigenvalue weighted by atomic mass is 16.2. The van der Waals surface area contributed by atoms with Crippen molar-refractivity contribution in [3.8, 4) is 0 Å². The lowest BCUT2D eigenvalue weighted by Gasteiger charge is -2.18. The largest absolute Gasteiger partial charge is 0.350 e. The van der Waals surface area contributed by atoms with Crippen molar-refractivity contribution in [2.45, 2.75) is 6.92 Å². The molecule has 1 heterocycles. The third-order valence-electron chi connectivity index (χ3n) is 5.55. The molecule has 2 amide bonds. The van der Waals surface area contributed by atoms with Gasteiger partial charge in [0.05, 0.1) is 11.3 Å². The second kappa shape index (κ2) is 7.58. The lowest BCUT2D eigenvalue weighted by molar-refractivity contribution is -0.120. The van der Waals surface area contributed by atoms with Gasteiger partial charge in [-0.3, -0.25) is 9.59 Å². The maximum atomic E-state index is 13.6. The number of benzene rings is 4. The first-order valence-electron chi connectivity index (χ1n) is 10.1. The number of para-hydroxylation sites is 1. The fourth-order valence-corrected chi connectivity index (χ4v) is 4.02. The van der Waals surface area contributed by atoms with Crippen LogP contribution in [-0.4, -0.2) is 11.8 Å². The summed E-state index contributed by atoms with van der Waals surface area (Å²) in [5.74, 6) is -0.681. The van der Waals surface area contributed by atoms with E-state index in [2.05, 4.69) is 5.32 Å². The molecule has 0 aliphatic carbocycles. The normalized spacial score (nSPS) is 13.9. The number of hydrogen-bond donors (Lipinski definition) is 1.